The summed E-state index contributed by atoms with van der Waals surface area (Å²) in [5, 5.41) is 6.79. The van der Waals surface area contributed by atoms with E-state index in [2.05, 4.69) is 47.3 Å². The predicted molar refractivity (Wildman–Crippen MR) is 140 cm³/mol. The van der Waals surface area contributed by atoms with E-state index < -0.39 is 0 Å². The Morgan fingerprint density at radius 1 is 1.29 bits per heavy atom. The number of halogens is 1. The number of nitrogens with zero attached hydrogens (tertiary/aromatic N) is 3. The first-order chi connectivity index (χ1) is 14.5. The Morgan fingerprint density at radius 3 is 2.77 bits per heavy atom. The highest BCUT2D eigenvalue weighted by Gasteiger charge is 2.21. The maximum atomic E-state index is 5.96. The SMILES string of the molecule is CCNC(=NCc1ccccc1OCCN(C)C)NCC1CN(CC(C)C)CCO1.I. The maximum Gasteiger partial charge on any atom is 0.191 e. The van der Waals surface area contributed by atoms with Crippen LogP contribution in [-0.2, 0) is 11.3 Å². The molecule has 7 nitrogen and oxygen atoms in total. The topological polar surface area (TPSA) is 61.4 Å². The van der Waals surface area contributed by atoms with Crippen molar-refractivity contribution in [2.75, 3.05) is 66.6 Å². The molecule has 1 fully saturated rings. The molecule has 2 N–H and O–H groups in total. The van der Waals surface area contributed by atoms with Crippen LogP contribution < -0.4 is 15.4 Å². The van der Waals surface area contributed by atoms with Gasteiger partial charge >= 0.3 is 0 Å². The van der Waals surface area contributed by atoms with Crippen molar-refractivity contribution in [2.24, 2.45) is 10.9 Å². The summed E-state index contributed by atoms with van der Waals surface area (Å²) in [6.45, 7) is 14.2. The van der Waals surface area contributed by atoms with Crippen LogP contribution in [0.15, 0.2) is 29.3 Å². The Kier molecular flexibility index (Phi) is 14.1. The summed E-state index contributed by atoms with van der Waals surface area (Å²) in [5.74, 6) is 2.39. The molecule has 0 radical (unpaired) electrons. The number of rotatable bonds is 11. The van der Waals surface area contributed by atoms with E-state index in [4.69, 9.17) is 14.5 Å². The molecule has 1 heterocycles. The highest BCUT2D eigenvalue weighted by Crippen LogP contribution is 2.18. The van der Waals surface area contributed by atoms with Gasteiger partial charge in [0, 0.05) is 44.8 Å². The lowest BCUT2D eigenvalue weighted by Crippen LogP contribution is -2.50. The molecule has 0 aliphatic carbocycles. The zero-order valence-electron chi connectivity index (χ0n) is 19.9. The molecule has 2 rings (SSSR count). The van der Waals surface area contributed by atoms with E-state index in [1.165, 1.54) is 0 Å². The van der Waals surface area contributed by atoms with Crippen molar-refractivity contribution in [3.05, 3.63) is 29.8 Å². The van der Waals surface area contributed by atoms with Crippen LogP contribution in [0.5, 0.6) is 5.75 Å². The van der Waals surface area contributed by atoms with Gasteiger partial charge in [-0.2, -0.15) is 0 Å². The number of benzene rings is 1. The van der Waals surface area contributed by atoms with Crippen molar-refractivity contribution in [1.29, 1.82) is 0 Å². The van der Waals surface area contributed by atoms with E-state index in [1.54, 1.807) is 0 Å². The number of ether oxygens (including phenoxy) is 2. The lowest BCUT2D eigenvalue weighted by Gasteiger charge is -2.34. The number of hydrogen-bond donors (Lipinski definition) is 2. The smallest absolute Gasteiger partial charge is 0.191 e. The number of nitrogens with one attached hydrogen (secondary N) is 2. The number of aliphatic imine (C=N–C) groups is 1. The maximum absolute atomic E-state index is 5.96. The van der Waals surface area contributed by atoms with Gasteiger partial charge in [-0.3, -0.25) is 4.90 Å². The molecule has 1 saturated heterocycles. The minimum Gasteiger partial charge on any atom is -0.492 e. The first-order valence-corrected chi connectivity index (χ1v) is 11.2. The number of guanidine groups is 1. The number of likely N-dealkylation sites (N-methyl/N-ethyl adjacent to an activating group) is 1. The summed E-state index contributed by atoms with van der Waals surface area (Å²) >= 11 is 0. The summed E-state index contributed by atoms with van der Waals surface area (Å²) in [5.41, 5.74) is 1.09. The van der Waals surface area contributed by atoms with Crippen LogP contribution in [0.3, 0.4) is 0 Å². The van der Waals surface area contributed by atoms with Crippen LogP contribution in [-0.4, -0.2) is 88.4 Å². The van der Waals surface area contributed by atoms with Gasteiger partial charge in [0.1, 0.15) is 12.4 Å². The van der Waals surface area contributed by atoms with Crippen molar-refractivity contribution in [1.82, 2.24) is 20.4 Å². The molecule has 0 spiro atoms. The fourth-order valence-electron chi connectivity index (χ4n) is 3.42. The molecule has 0 saturated carbocycles. The molecule has 1 aliphatic heterocycles. The van der Waals surface area contributed by atoms with Gasteiger partial charge < -0.3 is 25.0 Å². The monoisotopic (exact) mass is 547 g/mol. The van der Waals surface area contributed by atoms with Gasteiger partial charge in [0.15, 0.2) is 5.96 Å². The molecule has 178 valence electrons. The van der Waals surface area contributed by atoms with Gasteiger partial charge in [0.2, 0.25) is 0 Å². The first kappa shape index (κ1) is 27.9. The normalized spacial score (nSPS) is 17.5. The second-order valence-corrected chi connectivity index (χ2v) is 8.48. The van der Waals surface area contributed by atoms with Crippen LogP contribution in [0, 0.1) is 5.92 Å². The standard InChI is InChI=1S/C23H41N5O2.HI/c1-6-24-23(26-16-21-18-28(12-14-29-21)17-19(2)3)25-15-20-9-7-8-10-22(20)30-13-11-27(4)5;/h7-10,19,21H,6,11-18H2,1-5H3,(H2,24,25,26);1H. The molecule has 1 aromatic rings. The van der Waals surface area contributed by atoms with Crippen LogP contribution in [0.1, 0.15) is 26.3 Å². The molecule has 0 amide bonds. The molecule has 0 aromatic heterocycles. The van der Waals surface area contributed by atoms with Gasteiger partial charge in [-0.15, -0.1) is 24.0 Å². The van der Waals surface area contributed by atoms with E-state index in [0.29, 0.717) is 19.1 Å². The molecular weight excluding hydrogens is 505 g/mol. The molecule has 8 heteroatoms. The third-order valence-electron chi connectivity index (χ3n) is 4.86. The van der Waals surface area contributed by atoms with E-state index >= 15 is 0 Å². The second kappa shape index (κ2) is 15.7. The number of para-hydroxylation sites is 1. The number of morpholine rings is 1. The van der Waals surface area contributed by atoms with Crippen LogP contribution in [0.2, 0.25) is 0 Å². The Bertz CT molecular complexity index is 642. The second-order valence-electron chi connectivity index (χ2n) is 8.48. The summed E-state index contributed by atoms with van der Waals surface area (Å²) in [6.07, 6.45) is 0.183. The van der Waals surface area contributed by atoms with Gasteiger partial charge in [-0.25, -0.2) is 4.99 Å². The number of hydrogen-bond acceptors (Lipinski definition) is 5. The summed E-state index contributed by atoms with van der Waals surface area (Å²) in [4.78, 5) is 9.38. The molecular formula is C23H42IN5O2. The van der Waals surface area contributed by atoms with Crippen LogP contribution in [0.4, 0.5) is 0 Å². The lowest BCUT2D eigenvalue weighted by atomic mass is 10.2. The third-order valence-corrected chi connectivity index (χ3v) is 4.86. The quantitative estimate of drug-likeness (QED) is 0.253. The largest absolute Gasteiger partial charge is 0.492 e. The summed E-state index contributed by atoms with van der Waals surface area (Å²) in [7, 11) is 4.10. The van der Waals surface area contributed by atoms with E-state index in [1.807, 2.05) is 32.3 Å². The van der Waals surface area contributed by atoms with Gasteiger partial charge in [0.05, 0.1) is 19.3 Å². The van der Waals surface area contributed by atoms with Crippen LogP contribution in [0.25, 0.3) is 0 Å². The zero-order valence-corrected chi connectivity index (χ0v) is 22.2. The van der Waals surface area contributed by atoms with Gasteiger partial charge in [0.25, 0.3) is 0 Å². The Hall–Kier alpha value is -1.10. The molecule has 1 unspecified atom stereocenters. The Balaban J connectivity index is 0.00000480. The van der Waals surface area contributed by atoms with Crippen molar-refractivity contribution in [3.8, 4) is 5.75 Å². The van der Waals surface area contributed by atoms with Crippen molar-refractivity contribution < 1.29 is 9.47 Å². The Morgan fingerprint density at radius 2 is 2.06 bits per heavy atom. The highest BCUT2D eigenvalue weighted by molar-refractivity contribution is 14.0. The molecule has 31 heavy (non-hydrogen) atoms. The summed E-state index contributed by atoms with van der Waals surface area (Å²) < 4.78 is 11.9. The van der Waals surface area contributed by atoms with Crippen LogP contribution >= 0.6 is 24.0 Å². The van der Waals surface area contributed by atoms with E-state index in [-0.39, 0.29) is 30.1 Å². The third kappa shape index (κ3) is 11.4. The van der Waals surface area contributed by atoms with Gasteiger partial charge in [-0.1, -0.05) is 32.0 Å². The average molecular weight is 548 g/mol. The molecule has 1 aromatic carbocycles. The fraction of sp³-hybridized carbons (Fsp3) is 0.696. The highest BCUT2D eigenvalue weighted by atomic mass is 127. The summed E-state index contributed by atoms with van der Waals surface area (Å²) in [6, 6.07) is 8.13. The average Bonchev–Trinajstić information content (AvgIpc) is 2.70. The van der Waals surface area contributed by atoms with Crippen molar-refractivity contribution in [3.63, 3.8) is 0 Å². The van der Waals surface area contributed by atoms with Crippen molar-refractivity contribution >= 4 is 29.9 Å². The van der Waals surface area contributed by atoms with E-state index in [0.717, 1.165) is 63.1 Å². The fourth-order valence-corrected chi connectivity index (χ4v) is 3.42. The predicted octanol–water partition coefficient (Wildman–Crippen LogP) is 2.66. The van der Waals surface area contributed by atoms with Crippen molar-refractivity contribution in [2.45, 2.75) is 33.4 Å². The molecule has 0 bridgehead atoms. The first-order valence-electron chi connectivity index (χ1n) is 11.2. The minimum atomic E-state index is 0. The Labute approximate surface area is 206 Å². The van der Waals surface area contributed by atoms with Gasteiger partial charge in [-0.05, 0) is 33.0 Å². The minimum absolute atomic E-state index is 0. The molecule has 1 atom stereocenters. The lowest BCUT2D eigenvalue weighted by molar-refractivity contribution is -0.0284. The van der Waals surface area contributed by atoms with E-state index in [9.17, 15) is 0 Å². The molecule has 1 aliphatic rings. The zero-order chi connectivity index (χ0) is 21.8.